The summed E-state index contributed by atoms with van der Waals surface area (Å²) in [6, 6.07) is 13.2. The van der Waals surface area contributed by atoms with E-state index < -0.39 is 34.5 Å². The highest BCUT2D eigenvalue weighted by atomic mass is 32.2. The molecule has 8 nitrogen and oxygen atoms in total. The van der Waals surface area contributed by atoms with Crippen molar-refractivity contribution in [1.82, 2.24) is 10.0 Å². The summed E-state index contributed by atoms with van der Waals surface area (Å²) in [5, 5.41) is 19.8. The number of aliphatic carboxylic acids is 1. The number of hydrogen-bond acceptors (Lipinski definition) is 5. The third-order valence-corrected chi connectivity index (χ3v) is 5.37. The molecule has 0 aliphatic rings. The quantitative estimate of drug-likeness (QED) is 0.603. The summed E-state index contributed by atoms with van der Waals surface area (Å²) in [5.41, 5.74) is 1.92. The van der Waals surface area contributed by atoms with E-state index in [4.69, 9.17) is 10.4 Å². The number of nitrogens with one attached hydrogen (secondary N) is 2. The number of amides is 1. The van der Waals surface area contributed by atoms with Gasteiger partial charge < -0.3 is 10.4 Å². The summed E-state index contributed by atoms with van der Waals surface area (Å²) in [6.45, 7) is 1.19. The van der Waals surface area contributed by atoms with E-state index in [9.17, 15) is 18.0 Å². The van der Waals surface area contributed by atoms with Crippen LogP contribution < -0.4 is 10.0 Å². The largest absolute Gasteiger partial charge is 0.480 e. The van der Waals surface area contributed by atoms with Crippen molar-refractivity contribution in [2.45, 2.75) is 24.3 Å². The van der Waals surface area contributed by atoms with Gasteiger partial charge in [0.05, 0.1) is 16.5 Å². The van der Waals surface area contributed by atoms with Crippen LogP contribution >= 0.6 is 0 Å². The zero-order valence-electron chi connectivity index (χ0n) is 15.0. The molecule has 146 valence electrons. The van der Waals surface area contributed by atoms with Crippen molar-refractivity contribution in [2.75, 3.05) is 6.54 Å². The van der Waals surface area contributed by atoms with Crippen molar-refractivity contribution in [3.63, 3.8) is 0 Å². The molecule has 2 aromatic carbocycles. The highest BCUT2D eigenvalue weighted by Crippen LogP contribution is 2.13. The van der Waals surface area contributed by atoms with Gasteiger partial charge in [-0.3, -0.25) is 9.59 Å². The lowest BCUT2D eigenvalue weighted by Crippen LogP contribution is -2.48. The molecule has 0 radical (unpaired) electrons. The Morgan fingerprint density at radius 2 is 1.71 bits per heavy atom. The Bertz CT molecular complexity index is 993. The van der Waals surface area contributed by atoms with Crippen molar-refractivity contribution in [3.05, 3.63) is 65.2 Å². The number of benzene rings is 2. The van der Waals surface area contributed by atoms with Crippen LogP contribution in [0.2, 0.25) is 0 Å². The molecule has 0 fully saturated rings. The molecule has 0 aromatic heterocycles. The Morgan fingerprint density at radius 3 is 2.25 bits per heavy atom. The number of nitriles is 1. The second kappa shape index (κ2) is 9.12. The summed E-state index contributed by atoms with van der Waals surface area (Å²) < 4.78 is 27.6. The molecule has 2 rings (SSSR count). The van der Waals surface area contributed by atoms with Crippen LogP contribution in [0, 0.1) is 18.3 Å². The Labute approximate surface area is 162 Å². The van der Waals surface area contributed by atoms with Gasteiger partial charge in [0.1, 0.15) is 12.6 Å². The van der Waals surface area contributed by atoms with Crippen LogP contribution in [0.4, 0.5) is 0 Å². The number of hydrogen-bond donors (Lipinski definition) is 3. The second-order valence-electron chi connectivity index (χ2n) is 6.11. The van der Waals surface area contributed by atoms with E-state index in [1.54, 1.807) is 36.4 Å². The van der Waals surface area contributed by atoms with Gasteiger partial charge in [0.15, 0.2) is 0 Å². The summed E-state index contributed by atoms with van der Waals surface area (Å²) >= 11 is 0. The number of nitrogens with zero attached hydrogens (tertiary/aromatic N) is 1. The van der Waals surface area contributed by atoms with Gasteiger partial charge in [-0.1, -0.05) is 29.8 Å². The Morgan fingerprint density at radius 1 is 1.11 bits per heavy atom. The molecule has 0 spiro atoms. The first kappa shape index (κ1) is 21.1. The molecule has 1 atom stereocenters. The highest BCUT2D eigenvalue weighted by molar-refractivity contribution is 7.89. The normalized spacial score (nSPS) is 12.0. The summed E-state index contributed by atoms with van der Waals surface area (Å²) in [4.78, 5) is 23.1. The Hall–Kier alpha value is -3.22. The fourth-order valence-corrected chi connectivity index (χ4v) is 3.59. The van der Waals surface area contributed by atoms with Crippen LogP contribution in [0.25, 0.3) is 0 Å². The van der Waals surface area contributed by atoms with Crippen LogP contribution in [0.1, 0.15) is 16.7 Å². The van der Waals surface area contributed by atoms with Gasteiger partial charge in [-0.15, -0.1) is 0 Å². The van der Waals surface area contributed by atoms with Gasteiger partial charge in [-0.05, 0) is 43.2 Å². The number of carbonyl (C=O) groups is 2. The monoisotopic (exact) mass is 401 g/mol. The van der Waals surface area contributed by atoms with Crippen LogP contribution in [-0.4, -0.2) is 38.0 Å². The molecule has 3 N–H and O–H groups in total. The predicted octanol–water partition coefficient (Wildman–Crippen LogP) is 0.957. The fraction of sp³-hybridized carbons (Fsp3) is 0.211. The molecule has 1 amide bonds. The molecule has 0 unspecified atom stereocenters. The third kappa shape index (κ3) is 5.90. The van der Waals surface area contributed by atoms with Crippen LogP contribution in [-0.2, 0) is 26.0 Å². The average Bonchev–Trinajstić information content (AvgIpc) is 2.66. The van der Waals surface area contributed by atoms with Gasteiger partial charge in [0.25, 0.3) is 0 Å². The van der Waals surface area contributed by atoms with E-state index in [0.717, 1.165) is 5.56 Å². The maximum Gasteiger partial charge on any atom is 0.322 e. The number of rotatable bonds is 8. The molecule has 2 aromatic rings. The van der Waals surface area contributed by atoms with Gasteiger partial charge in [0, 0.05) is 0 Å². The van der Waals surface area contributed by atoms with E-state index in [2.05, 4.69) is 10.0 Å². The number of carbonyl (C=O) groups excluding carboxylic acids is 1. The maximum atomic E-state index is 12.6. The van der Waals surface area contributed by atoms with Gasteiger partial charge in [-0.2, -0.15) is 9.98 Å². The van der Waals surface area contributed by atoms with E-state index >= 15 is 0 Å². The van der Waals surface area contributed by atoms with Crippen molar-refractivity contribution < 1.29 is 23.1 Å². The first-order chi connectivity index (χ1) is 13.2. The molecule has 9 heteroatoms. The Kier molecular flexibility index (Phi) is 6.87. The summed E-state index contributed by atoms with van der Waals surface area (Å²) in [5.74, 6) is -2.01. The minimum atomic E-state index is -4.00. The molecule has 0 saturated heterocycles. The second-order valence-corrected chi connectivity index (χ2v) is 7.83. The number of carboxylic acids is 1. The van der Waals surface area contributed by atoms with Gasteiger partial charge >= 0.3 is 5.97 Å². The lowest BCUT2D eigenvalue weighted by Gasteiger charge is -2.18. The topological polar surface area (TPSA) is 136 Å². The van der Waals surface area contributed by atoms with Crippen molar-refractivity contribution >= 4 is 21.9 Å². The molecule has 0 saturated carbocycles. The average molecular weight is 401 g/mol. The molecule has 0 aliphatic heterocycles. The number of carboxylic acid groups (broad SMARTS) is 1. The summed E-state index contributed by atoms with van der Waals surface area (Å²) in [6.07, 6.45) is -0.0117. The molecule has 0 heterocycles. The van der Waals surface area contributed by atoms with Crippen LogP contribution in [0.5, 0.6) is 0 Å². The maximum absolute atomic E-state index is 12.6. The van der Waals surface area contributed by atoms with E-state index in [1.165, 1.54) is 12.1 Å². The van der Waals surface area contributed by atoms with E-state index in [-0.39, 0.29) is 11.3 Å². The lowest BCUT2D eigenvalue weighted by molar-refractivity contribution is -0.138. The van der Waals surface area contributed by atoms with Crippen LogP contribution in [0.15, 0.2) is 53.4 Å². The SMILES string of the molecule is Cc1ccc(S(=O)(=O)N[C@@H](Cc2ccc(C#N)cc2)C(=O)NCC(=O)O)cc1. The molecule has 0 bridgehead atoms. The molecular formula is C19H19N3O5S. The minimum absolute atomic E-state index is 0.00559. The van der Waals surface area contributed by atoms with Crippen molar-refractivity contribution in [2.24, 2.45) is 0 Å². The fourth-order valence-electron chi connectivity index (χ4n) is 2.40. The number of aryl methyl sites for hydroxylation is 1. The molecular weight excluding hydrogens is 382 g/mol. The zero-order chi connectivity index (χ0) is 20.7. The van der Waals surface area contributed by atoms with E-state index in [1.807, 2.05) is 13.0 Å². The first-order valence-corrected chi connectivity index (χ1v) is 9.77. The molecule has 28 heavy (non-hydrogen) atoms. The predicted molar refractivity (Wildman–Crippen MR) is 101 cm³/mol. The van der Waals surface area contributed by atoms with Crippen molar-refractivity contribution in [1.29, 1.82) is 5.26 Å². The zero-order valence-corrected chi connectivity index (χ0v) is 15.9. The number of sulfonamides is 1. The standard InChI is InChI=1S/C19H19N3O5S/c1-13-2-8-16(9-3-13)28(26,27)22-17(19(25)21-12-18(23)24)10-14-4-6-15(11-20)7-5-14/h2-9,17,22H,10,12H2,1H3,(H,21,25)(H,23,24)/t17-/m0/s1. The Balaban J connectivity index is 2.25. The lowest BCUT2D eigenvalue weighted by atomic mass is 10.0. The third-order valence-electron chi connectivity index (χ3n) is 3.88. The molecule has 0 aliphatic carbocycles. The highest BCUT2D eigenvalue weighted by Gasteiger charge is 2.26. The van der Waals surface area contributed by atoms with Gasteiger partial charge in [-0.25, -0.2) is 8.42 Å². The first-order valence-electron chi connectivity index (χ1n) is 8.29. The van der Waals surface area contributed by atoms with Gasteiger partial charge in [0.2, 0.25) is 15.9 Å². The smallest absolute Gasteiger partial charge is 0.322 e. The van der Waals surface area contributed by atoms with Crippen molar-refractivity contribution in [3.8, 4) is 6.07 Å². The summed E-state index contributed by atoms with van der Waals surface area (Å²) in [7, 11) is -4.00. The van der Waals surface area contributed by atoms with Crippen LogP contribution in [0.3, 0.4) is 0 Å². The minimum Gasteiger partial charge on any atom is -0.480 e. The van der Waals surface area contributed by atoms with E-state index in [0.29, 0.717) is 11.1 Å².